The van der Waals surface area contributed by atoms with Crippen molar-refractivity contribution in [3.63, 3.8) is 0 Å². The number of carbonyl (C=O) groups is 1. The number of unbranched alkanes of at least 4 members (excludes halogenated alkanes) is 2. The molecule has 0 radical (unpaired) electrons. The third-order valence-corrected chi connectivity index (χ3v) is 6.14. The fraction of sp³-hybridized carbons (Fsp3) is 0.950. The van der Waals surface area contributed by atoms with Crippen molar-refractivity contribution in [2.45, 2.75) is 97.3 Å². The van der Waals surface area contributed by atoms with Crippen molar-refractivity contribution in [2.24, 2.45) is 23.7 Å². The summed E-state index contributed by atoms with van der Waals surface area (Å²) in [5.74, 6) is 3.58. The monoisotopic (exact) mass is 292 g/mol. The summed E-state index contributed by atoms with van der Waals surface area (Å²) in [5, 5.41) is 0. The quantitative estimate of drug-likeness (QED) is 0.514. The summed E-state index contributed by atoms with van der Waals surface area (Å²) in [5.41, 5.74) is 0. The number of rotatable bonds is 7. The molecule has 0 unspecified atom stereocenters. The van der Waals surface area contributed by atoms with E-state index in [1.54, 1.807) is 0 Å². The van der Waals surface area contributed by atoms with Gasteiger partial charge in [0.2, 0.25) is 0 Å². The molecular formula is C20H36O. The van der Waals surface area contributed by atoms with E-state index in [0.29, 0.717) is 11.7 Å². The molecule has 0 aliphatic heterocycles. The average molecular weight is 293 g/mol. The van der Waals surface area contributed by atoms with E-state index in [4.69, 9.17) is 0 Å². The standard InChI is InChI=1S/C20H36O/c1-3-4-5-6-17-11-13-19(14-12-17)20(21)15-18-9-7-16(2)8-10-18/h16-19H,3-15H2,1-2H3. The Morgan fingerprint density at radius 2 is 1.48 bits per heavy atom. The van der Waals surface area contributed by atoms with Gasteiger partial charge in [-0.15, -0.1) is 0 Å². The van der Waals surface area contributed by atoms with Crippen LogP contribution in [0.3, 0.4) is 0 Å². The zero-order valence-electron chi connectivity index (χ0n) is 14.4. The lowest BCUT2D eigenvalue weighted by molar-refractivity contribution is -0.125. The topological polar surface area (TPSA) is 17.1 Å². The smallest absolute Gasteiger partial charge is 0.136 e. The Bertz CT molecular complexity index is 293. The molecule has 0 spiro atoms. The van der Waals surface area contributed by atoms with E-state index in [0.717, 1.165) is 24.2 Å². The van der Waals surface area contributed by atoms with Crippen LogP contribution >= 0.6 is 0 Å². The van der Waals surface area contributed by atoms with Crippen LogP contribution in [0.15, 0.2) is 0 Å². The molecule has 0 heterocycles. The summed E-state index contributed by atoms with van der Waals surface area (Å²) in [4.78, 5) is 12.5. The van der Waals surface area contributed by atoms with E-state index in [1.165, 1.54) is 77.0 Å². The van der Waals surface area contributed by atoms with Gasteiger partial charge in [-0.1, -0.05) is 52.4 Å². The molecule has 0 saturated heterocycles. The Morgan fingerprint density at radius 3 is 2.10 bits per heavy atom. The highest BCUT2D eigenvalue weighted by Gasteiger charge is 2.28. The van der Waals surface area contributed by atoms with E-state index in [2.05, 4.69) is 13.8 Å². The third-order valence-electron chi connectivity index (χ3n) is 6.14. The van der Waals surface area contributed by atoms with Crippen molar-refractivity contribution in [3.8, 4) is 0 Å². The molecule has 1 heteroatoms. The van der Waals surface area contributed by atoms with Gasteiger partial charge in [-0.05, 0) is 56.3 Å². The summed E-state index contributed by atoms with van der Waals surface area (Å²) >= 11 is 0. The highest BCUT2D eigenvalue weighted by Crippen LogP contribution is 2.36. The van der Waals surface area contributed by atoms with Crippen molar-refractivity contribution >= 4 is 5.78 Å². The molecule has 2 fully saturated rings. The maximum Gasteiger partial charge on any atom is 0.136 e. The minimum Gasteiger partial charge on any atom is -0.299 e. The summed E-state index contributed by atoms with van der Waals surface area (Å²) in [6.45, 7) is 4.64. The van der Waals surface area contributed by atoms with Gasteiger partial charge in [0.1, 0.15) is 5.78 Å². The Balaban J connectivity index is 1.63. The third kappa shape index (κ3) is 5.75. The van der Waals surface area contributed by atoms with Gasteiger partial charge in [0, 0.05) is 12.3 Å². The van der Waals surface area contributed by atoms with Crippen molar-refractivity contribution in [2.75, 3.05) is 0 Å². The fourth-order valence-corrected chi connectivity index (χ4v) is 4.44. The Hall–Kier alpha value is -0.330. The van der Waals surface area contributed by atoms with Gasteiger partial charge >= 0.3 is 0 Å². The highest BCUT2D eigenvalue weighted by molar-refractivity contribution is 5.81. The molecule has 0 amide bonds. The van der Waals surface area contributed by atoms with Crippen LogP contribution in [0.4, 0.5) is 0 Å². The first-order valence-electron chi connectivity index (χ1n) is 9.71. The normalized spacial score (nSPS) is 33.8. The van der Waals surface area contributed by atoms with Crippen LogP contribution in [0.5, 0.6) is 0 Å². The zero-order chi connectivity index (χ0) is 15.1. The maximum absolute atomic E-state index is 12.5. The second kappa shape index (κ2) is 8.96. The van der Waals surface area contributed by atoms with Crippen LogP contribution in [-0.4, -0.2) is 5.78 Å². The van der Waals surface area contributed by atoms with Crippen molar-refractivity contribution in [3.05, 3.63) is 0 Å². The number of ketones is 1. The van der Waals surface area contributed by atoms with E-state index in [1.807, 2.05) is 0 Å². The lowest BCUT2D eigenvalue weighted by atomic mass is 9.74. The van der Waals surface area contributed by atoms with Crippen LogP contribution in [-0.2, 0) is 4.79 Å². The molecule has 21 heavy (non-hydrogen) atoms. The van der Waals surface area contributed by atoms with E-state index in [-0.39, 0.29) is 0 Å². The molecule has 1 nitrogen and oxygen atoms in total. The molecule has 2 saturated carbocycles. The first-order chi connectivity index (χ1) is 10.2. The van der Waals surface area contributed by atoms with Crippen molar-refractivity contribution in [1.29, 1.82) is 0 Å². The predicted octanol–water partition coefficient (Wildman–Crippen LogP) is 6.16. The summed E-state index contributed by atoms with van der Waals surface area (Å²) in [6.07, 6.45) is 16.8. The predicted molar refractivity (Wildman–Crippen MR) is 90.3 cm³/mol. The minimum atomic E-state index is 0.423. The summed E-state index contributed by atoms with van der Waals surface area (Å²) in [6, 6.07) is 0. The second-order valence-electron chi connectivity index (χ2n) is 8.01. The Kier molecular flexibility index (Phi) is 7.26. The minimum absolute atomic E-state index is 0.423. The molecular weight excluding hydrogens is 256 g/mol. The first-order valence-corrected chi connectivity index (χ1v) is 9.71. The van der Waals surface area contributed by atoms with Crippen molar-refractivity contribution < 1.29 is 4.79 Å². The van der Waals surface area contributed by atoms with E-state index < -0.39 is 0 Å². The van der Waals surface area contributed by atoms with Gasteiger partial charge in [-0.3, -0.25) is 4.79 Å². The Labute approximate surface area is 132 Å². The molecule has 2 aliphatic rings. The molecule has 0 aromatic heterocycles. The van der Waals surface area contributed by atoms with E-state index in [9.17, 15) is 4.79 Å². The van der Waals surface area contributed by atoms with Crippen molar-refractivity contribution in [1.82, 2.24) is 0 Å². The van der Waals surface area contributed by atoms with Gasteiger partial charge in [-0.2, -0.15) is 0 Å². The number of hydrogen-bond acceptors (Lipinski definition) is 1. The van der Waals surface area contributed by atoms with E-state index >= 15 is 0 Å². The van der Waals surface area contributed by atoms with Gasteiger partial charge in [0.25, 0.3) is 0 Å². The molecule has 2 aliphatic carbocycles. The van der Waals surface area contributed by atoms with Crippen LogP contribution < -0.4 is 0 Å². The SMILES string of the molecule is CCCCCC1CCC(C(=O)CC2CCC(C)CC2)CC1. The van der Waals surface area contributed by atoms with Crippen LogP contribution in [0.1, 0.15) is 97.3 Å². The molecule has 2 rings (SSSR count). The highest BCUT2D eigenvalue weighted by atomic mass is 16.1. The van der Waals surface area contributed by atoms with Gasteiger partial charge < -0.3 is 0 Å². The molecule has 0 aromatic rings. The van der Waals surface area contributed by atoms with Crippen LogP contribution in [0.25, 0.3) is 0 Å². The Morgan fingerprint density at radius 1 is 0.857 bits per heavy atom. The molecule has 0 bridgehead atoms. The number of hydrogen-bond donors (Lipinski definition) is 0. The van der Waals surface area contributed by atoms with Crippen LogP contribution in [0, 0.1) is 23.7 Å². The largest absolute Gasteiger partial charge is 0.299 e. The number of carbonyl (C=O) groups excluding carboxylic acids is 1. The lowest BCUT2D eigenvalue weighted by Gasteiger charge is -2.30. The lowest BCUT2D eigenvalue weighted by Crippen LogP contribution is -2.25. The number of Topliss-reactive ketones (excluding diaryl/α,β-unsaturated/α-hetero) is 1. The van der Waals surface area contributed by atoms with Gasteiger partial charge in [0.15, 0.2) is 0 Å². The van der Waals surface area contributed by atoms with Gasteiger partial charge in [0.05, 0.1) is 0 Å². The first kappa shape index (κ1) is 17.0. The summed E-state index contributed by atoms with van der Waals surface area (Å²) < 4.78 is 0. The molecule has 122 valence electrons. The zero-order valence-corrected chi connectivity index (χ0v) is 14.4. The second-order valence-corrected chi connectivity index (χ2v) is 8.01. The fourth-order valence-electron chi connectivity index (χ4n) is 4.44. The molecule has 0 N–H and O–H groups in total. The summed E-state index contributed by atoms with van der Waals surface area (Å²) in [7, 11) is 0. The molecule has 0 atom stereocenters. The van der Waals surface area contributed by atoms with Crippen LogP contribution in [0.2, 0.25) is 0 Å². The van der Waals surface area contributed by atoms with Gasteiger partial charge in [-0.25, -0.2) is 0 Å². The molecule has 0 aromatic carbocycles. The maximum atomic E-state index is 12.5. The average Bonchev–Trinajstić information content (AvgIpc) is 2.50.